The highest BCUT2D eigenvalue weighted by molar-refractivity contribution is 7.99. The second-order valence-electron chi connectivity index (χ2n) is 5.60. The Balaban J connectivity index is 2.21. The average molecular weight is 310 g/mol. The van der Waals surface area contributed by atoms with Gasteiger partial charge in [0.25, 0.3) is 0 Å². The Bertz CT molecular complexity index is 358. The first-order valence-corrected chi connectivity index (χ1v) is 8.86. The van der Waals surface area contributed by atoms with E-state index in [-0.39, 0.29) is 0 Å². The molecule has 0 heterocycles. The predicted octanol–water partition coefficient (Wildman–Crippen LogP) is 2.64. The molecular weight excluding hydrogens is 278 g/mol. The van der Waals surface area contributed by atoms with Gasteiger partial charge in [-0.1, -0.05) is 25.1 Å². The number of likely N-dealkylation sites (N-methyl/N-ethyl adjacent to an activating group) is 2. The molecule has 0 saturated carbocycles. The maximum Gasteiger partial charge on any atom is 0.0170 e. The lowest BCUT2D eigenvalue weighted by atomic mass is 10.2. The number of thioether (sulfide) groups is 1. The maximum atomic E-state index is 3.45. The summed E-state index contributed by atoms with van der Waals surface area (Å²) in [5.41, 5.74) is 0. The number of nitrogens with zero attached hydrogens (tertiary/aromatic N) is 2. The summed E-state index contributed by atoms with van der Waals surface area (Å²) < 4.78 is 0. The molecule has 1 rings (SSSR count). The standard InChI is InChI=1S/C17H31N3S/c1-5-19(3)13-14-20(4)12-11-16(18-2)15-21-17-9-7-6-8-10-17/h6-10,16,18H,5,11-15H2,1-4H3/t16-/m1/s1. The molecule has 0 amide bonds. The number of nitrogens with one attached hydrogen (secondary N) is 1. The van der Waals surface area contributed by atoms with Crippen LogP contribution in [0.3, 0.4) is 0 Å². The van der Waals surface area contributed by atoms with E-state index in [1.165, 1.54) is 11.3 Å². The molecule has 21 heavy (non-hydrogen) atoms. The van der Waals surface area contributed by atoms with Gasteiger partial charge < -0.3 is 15.1 Å². The second-order valence-corrected chi connectivity index (χ2v) is 6.69. The zero-order valence-electron chi connectivity index (χ0n) is 14.0. The summed E-state index contributed by atoms with van der Waals surface area (Å²) in [5.74, 6) is 1.13. The van der Waals surface area contributed by atoms with Crippen molar-refractivity contribution < 1.29 is 0 Å². The van der Waals surface area contributed by atoms with E-state index >= 15 is 0 Å². The van der Waals surface area contributed by atoms with Crippen LogP contribution < -0.4 is 5.32 Å². The van der Waals surface area contributed by atoms with Crippen molar-refractivity contribution in [3.8, 4) is 0 Å². The highest BCUT2D eigenvalue weighted by atomic mass is 32.2. The van der Waals surface area contributed by atoms with E-state index in [0.717, 1.165) is 31.9 Å². The molecule has 0 spiro atoms. The second kappa shape index (κ2) is 11.1. The molecule has 0 bridgehead atoms. The van der Waals surface area contributed by atoms with Gasteiger partial charge in [0.15, 0.2) is 0 Å². The normalized spacial score (nSPS) is 13.0. The Morgan fingerprint density at radius 2 is 1.71 bits per heavy atom. The van der Waals surface area contributed by atoms with E-state index in [0.29, 0.717) is 6.04 Å². The molecular formula is C17H31N3S. The first-order chi connectivity index (χ1) is 10.2. The molecule has 0 fully saturated rings. The zero-order chi connectivity index (χ0) is 15.5. The highest BCUT2D eigenvalue weighted by Crippen LogP contribution is 2.18. The van der Waals surface area contributed by atoms with E-state index in [1.807, 2.05) is 11.8 Å². The van der Waals surface area contributed by atoms with E-state index in [9.17, 15) is 0 Å². The topological polar surface area (TPSA) is 18.5 Å². The third-order valence-corrected chi connectivity index (χ3v) is 5.04. The van der Waals surface area contributed by atoms with Crippen LogP contribution in [0, 0.1) is 0 Å². The van der Waals surface area contributed by atoms with Gasteiger partial charge in [-0.2, -0.15) is 0 Å². The van der Waals surface area contributed by atoms with Crippen molar-refractivity contribution in [1.82, 2.24) is 15.1 Å². The van der Waals surface area contributed by atoms with Crippen molar-refractivity contribution in [3.05, 3.63) is 30.3 Å². The Morgan fingerprint density at radius 3 is 2.33 bits per heavy atom. The van der Waals surface area contributed by atoms with E-state index < -0.39 is 0 Å². The minimum absolute atomic E-state index is 0.571. The summed E-state index contributed by atoms with van der Waals surface area (Å²) in [6.07, 6.45) is 1.20. The summed E-state index contributed by atoms with van der Waals surface area (Å²) in [5, 5.41) is 3.45. The Kier molecular flexibility index (Phi) is 9.76. The summed E-state index contributed by atoms with van der Waals surface area (Å²) in [6, 6.07) is 11.2. The first-order valence-electron chi connectivity index (χ1n) is 7.88. The van der Waals surface area contributed by atoms with E-state index in [4.69, 9.17) is 0 Å². The van der Waals surface area contributed by atoms with Crippen LogP contribution in [0.15, 0.2) is 35.2 Å². The molecule has 3 nitrogen and oxygen atoms in total. The largest absolute Gasteiger partial charge is 0.316 e. The molecule has 1 aromatic carbocycles. The van der Waals surface area contributed by atoms with Crippen LogP contribution in [0.25, 0.3) is 0 Å². The Labute approximate surface area is 135 Å². The van der Waals surface area contributed by atoms with Gasteiger partial charge >= 0.3 is 0 Å². The fraction of sp³-hybridized carbons (Fsp3) is 0.647. The van der Waals surface area contributed by atoms with E-state index in [2.05, 4.69) is 73.5 Å². The van der Waals surface area contributed by atoms with Crippen molar-refractivity contribution in [2.45, 2.75) is 24.3 Å². The minimum atomic E-state index is 0.571. The molecule has 1 aromatic rings. The summed E-state index contributed by atoms with van der Waals surface area (Å²) >= 11 is 1.94. The lowest BCUT2D eigenvalue weighted by molar-refractivity contribution is 0.256. The Morgan fingerprint density at radius 1 is 1.05 bits per heavy atom. The van der Waals surface area contributed by atoms with Crippen LogP contribution in [-0.4, -0.2) is 68.9 Å². The predicted molar refractivity (Wildman–Crippen MR) is 95.3 cm³/mol. The molecule has 0 aliphatic heterocycles. The van der Waals surface area contributed by atoms with Gasteiger partial charge in [-0.25, -0.2) is 0 Å². The molecule has 1 N–H and O–H groups in total. The SMILES string of the molecule is CCN(C)CCN(C)CC[C@H](CSc1ccccc1)NC. The zero-order valence-corrected chi connectivity index (χ0v) is 14.8. The van der Waals surface area contributed by atoms with Gasteiger partial charge in [-0.05, 0) is 52.8 Å². The van der Waals surface area contributed by atoms with Crippen LogP contribution in [0.5, 0.6) is 0 Å². The molecule has 0 radical (unpaired) electrons. The molecule has 120 valence electrons. The van der Waals surface area contributed by atoms with Crippen molar-refractivity contribution >= 4 is 11.8 Å². The number of rotatable bonds is 11. The van der Waals surface area contributed by atoms with Crippen LogP contribution >= 0.6 is 11.8 Å². The third kappa shape index (κ3) is 8.47. The molecule has 1 atom stereocenters. The number of benzene rings is 1. The average Bonchev–Trinajstić information content (AvgIpc) is 2.53. The molecule has 0 saturated heterocycles. The summed E-state index contributed by atoms with van der Waals surface area (Å²) in [4.78, 5) is 6.15. The van der Waals surface area contributed by atoms with Gasteiger partial charge in [-0.3, -0.25) is 0 Å². The van der Waals surface area contributed by atoms with Gasteiger partial charge in [0, 0.05) is 29.8 Å². The fourth-order valence-electron chi connectivity index (χ4n) is 2.01. The lowest BCUT2D eigenvalue weighted by Gasteiger charge is -2.23. The molecule has 0 aromatic heterocycles. The van der Waals surface area contributed by atoms with Crippen LogP contribution in [0.4, 0.5) is 0 Å². The van der Waals surface area contributed by atoms with E-state index in [1.54, 1.807) is 0 Å². The third-order valence-electron chi connectivity index (χ3n) is 3.87. The smallest absolute Gasteiger partial charge is 0.0170 e. The summed E-state index contributed by atoms with van der Waals surface area (Å²) in [7, 11) is 6.47. The maximum absolute atomic E-state index is 3.45. The fourth-order valence-corrected chi connectivity index (χ4v) is 3.09. The number of hydrogen-bond donors (Lipinski definition) is 1. The van der Waals surface area contributed by atoms with Gasteiger partial charge in [-0.15, -0.1) is 11.8 Å². The lowest BCUT2D eigenvalue weighted by Crippen LogP contribution is -2.35. The van der Waals surface area contributed by atoms with Crippen molar-refractivity contribution in [1.29, 1.82) is 0 Å². The van der Waals surface area contributed by atoms with Gasteiger partial charge in [0.2, 0.25) is 0 Å². The molecule has 0 unspecified atom stereocenters. The van der Waals surface area contributed by atoms with Crippen LogP contribution in [0.1, 0.15) is 13.3 Å². The molecule has 4 heteroatoms. The van der Waals surface area contributed by atoms with Crippen molar-refractivity contribution in [2.24, 2.45) is 0 Å². The monoisotopic (exact) mass is 309 g/mol. The number of hydrogen-bond acceptors (Lipinski definition) is 4. The quantitative estimate of drug-likeness (QED) is 0.633. The van der Waals surface area contributed by atoms with Crippen LogP contribution in [0.2, 0.25) is 0 Å². The highest BCUT2D eigenvalue weighted by Gasteiger charge is 2.09. The van der Waals surface area contributed by atoms with Crippen molar-refractivity contribution in [2.75, 3.05) is 53.1 Å². The first kappa shape index (κ1) is 18.5. The van der Waals surface area contributed by atoms with Gasteiger partial charge in [0.1, 0.15) is 0 Å². The molecule has 0 aliphatic rings. The van der Waals surface area contributed by atoms with Crippen molar-refractivity contribution in [3.63, 3.8) is 0 Å². The van der Waals surface area contributed by atoms with Gasteiger partial charge in [0.05, 0.1) is 0 Å². The Hall–Kier alpha value is -0.550. The minimum Gasteiger partial charge on any atom is -0.316 e. The molecule has 0 aliphatic carbocycles. The summed E-state index contributed by atoms with van der Waals surface area (Å²) in [6.45, 7) is 6.78. The van der Waals surface area contributed by atoms with Crippen LogP contribution in [-0.2, 0) is 0 Å².